The van der Waals surface area contributed by atoms with Crippen molar-refractivity contribution in [1.29, 1.82) is 0 Å². The van der Waals surface area contributed by atoms with E-state index >= 15 is 0 Å². The maximum Gasteiger partial charge on any atom is 0.150 e. The Morgan fingerprint density at radius 2 is 2.00 bits per heavy atom. The minimum absolute atomic E-state index is 0.178. The van der Waals surface area contributed by atoms with Crippen molar-refractivity contribution >= 4 is 0 Å². The Morgan fingerprint density at radius 3 is 2.53 bits per heavy atom. The Kier molecular flexibility index (Phi) is 3.44. The number of rotatable bonds is 4. The van der Waals surface area contributed by atoms with Crippen LogP contribution < -0.4 is 10.5 Å². The van der Waals surface area contributed by atoms with Crippen LogP contribution in [-0.4, -0.2) is 11.3 Å². The molecule has 0 fully saturated rings. The largest absolute Gasteiger partial charge is 0.491 e. The van der Waals surface area contributed by atoms with Gasteiger partial charge < -0.3 is 15.0 Å². The van der Waals surface area contributed by atoms with Crippen LogP contribution in [0.15, 0.2) is 34.9 Å². The zero-order chi connectivity index (χ0) is 12.3. The van der Waals surface area contributed by atoms with E-state index in [9.17, 15) is 0 Å². The summed E-state index contributed by atoms with van der Waals surface area (Å²) in [6.45, 7) is 4.36. The lowest BCUT2D eigenvalue weighted by Gasteiger charge is -2.09. The van der Waals surface area contributed by atoms with Crippen molar-refractivity contribution in [3.8, 4) is 17.0 Å². The fraction of sp³-hybridized carbons (Fsp3) is 0.308. The summed E-state index contributed by atoms with van der Waals surface area (Å²) in [5.74, 6) is 1.54. The van der Waals surface area contributed by atoms with Gasteiger partial charge in [0, 0.05) is 11.6 Å². The average molecular weight is 232 g/mol. The lowest BCUT2D eigenvalue weighted by molar-refractivity contribution is 0.242. The van der Waals surface area contributed by atoms with Crippen LogP contribution in [-0.2, 0) is 6.54 Å². The number of nitrogens with two attached hydrogens (primary N) is 1. The van der Waals surface area contributed by atoms with Crippen molar-refractivity contribution < 1.29 is 9.26 Å². The van der Waals surface area contributed by atoms with Gasteiger partial charge in [0.1, 0.15) is 11.4 Å². The number of aromatic nitrogens is 1. The third kappa shape index (κ3) is 2.85. The van der Waals surface area contributed by atoms with Gasteiger partial charge in [-0.2, -0.15) is 0 Å². The van der Waals surface area contributed by atoms with E-state index in [4.69, 9.17) is 15.0 Å². The molecule has 0 bridgehead atoms. The van der Waals surface area contributed by atoms with E-state index in [0.717, 1.165) is 17.0 Å². The molecule has 0 aliphatic rings. The van der Waals surface area contributed by atoms with Crippen LogP contribution >= 0.6 is 0 Å². The Bertz CT molecular complexity index is 474. The smallest absolute Gasteiger partial charge is 0.150 e. The first-order chi connectivity index (χ1) is 8.19. The first-order valence-electron chi connectivity index (χ1n) is 5.62. The van der Waals surface area contributed by atoms with Gasteiger partial charge in [0.2, 0.25) is 0 Å². The number of ether oxygens (including phenoxy) is 1. The number of benzene rings is 1. The highest BCUT2D eigenvalue weighted by Gasteiger charge is 2.05. The number of hydrogen-bond acceptors (Lipinski definition) is 4. The summed E-state index contributed by atoms with van der Waals surface area (Å²) in [6, 6.07) is 9.60. The molecule has 1 heterocycles. The van der Waals surface area contributed by atoms with Gasteiger partial charge in [-0.25, -0.2) is 0 Å². The van der Waals surface area contributed by atoms with Crippen molar-refractivity contribution in [2.24, 2.45) is 5.73 Å². The maximum absolute atomic E-state index is 5.57. The lowest BCUT2D eigenvalue weighted by atomic mass is 10.1. The standard InChI is InChI=1S/C13H16N2O2/c1-9(2)16-11-5-3-10(4-6-11)13-7-12(8-14)17-15-13/h3-7,9H,8,14H2,1-2H3. The summed E-state index contributed by atoms with van der Waals surface area (Å²) in [4.78, 5) is 0. The van der Waals surface area contributed by atoms with E-state index < -0.39 is 0 Å². The van der Waals surface area contributed by atoms with Gasteiger partial charge >= 0.3 is 0 Å². The van der Waals surface area contributed by atoms with Gasteiger partial charge in [-0.15, -0.1) is 0 Å². The quantitative estimate of drug-likeness (QED) is 0.880. The van der Waals surface area contributed by atoms with Crippen molar-refractivity contribution in [2.75, 3.05) is 0 Å². The minimum atomic E-state index is 0.178. The van der Waals surface area contributed by atoms with Crippen molar-refractivity contribution in [3.05, 3.63) is 36.1 Å². The molecule has 4 heteroatoms. The summed E-state index contributed by atoms with van der Waals surface area (Å²) in [5.41, 5.74) is 7.25. The van der Waals surface area contributed by atoms with E-state index in [1.807, 2.05) is 44.2 Å². The van der Waals surface area contributed by atoms with E-state index in [1.54, 1.807) is 0 Å². The number of hydrogen-bond donors (Lipinski definition) is 1. The normalized spacial score (nSPS) is 10.8. The topological polar surface area (TPSA) is 61.3 Å². The zero-order valence-corrected chi connectivity index (χ0v) is 10.0. The summed E-state index contributed by atoms with van der Waals surface area (Å²) < 4.78 is 10.6. The molecule has 0 aliphatic heterocycles. The molecule has 1 aromatic carbocycles. The molecule has 0 aliphatic carbocycles. The van der Waals surface area contributed by atoms with Gasteiger partial charge in [-0.3, -0.25) is 0 Å². The second-order valence-electron chi connectivity index (χ2n) is 4.07. The van der Waals surface area contributed by atoms with Gasteiger partial charge in [0.05, 0.1) is 12.6 Å². The second kappa shape index (κ2) is 5.01. The van der Waals surface area contributed by atoms with Crippen molar-refractivity contribution in [2.45, 2.75) is 26.5 Å². The maximum atomic E-state index is 5.57. The molecule has 0 amide bonds. The summed E-state index contributed by atoms with van der Waals surface area (Å²) in [6.07, 6.45) is 0.178. The van der Waals surface area contributed by atoms with Crippen LogP contribution in [0.5, 0.6) is 5.75 Å². The molecule has 0 atom stereocenters. The Hall–Kier alpha value is -1.81. The van der Waals surface area contributed by atoms with E-state index in [2.05, 4.69) is 5.16 Å². The first-order valence-corrected chi connectivity index (χ1v) is 5.62. The van der Waals surface area contributed by atoms with Crippen LogP contribution in [0, 0.1) is 0 Å². The van der Waals surface area contributed by atoms with Crippen LogP contribution in [0.25, 0.3) is 11.3 Å². The molecule has 0 spiro atoms. The fourth-order valence-corrected chi connectivity index (χ4v) is 1.52. The molecule has 0 unspecified atom stereocenters. The summed E-state index contributed by atoms with van der Waals surface area (Å²) in [7, 11) is 0. The molecular weight excluding hydrogens is 216 g/mol. The van der Waals surface area contributed by atoms with Crippen LogP contribution in [0.1, 0.15) is 19.6 Å². The molecule has 2 N–H and O–H groups in total. The second-order valence-corrected chi connectivity index (χ2v) is 4.07. The molecule has 0 saturated carbocycles. The van der Waals surface area contributed by atoms with Gasteiger partial charge in [-0.05, 0) is 38.1 Å². The first kappa shape index (κ1) is 11.7. The van der Waals surface area contributed by atoms with Gasteiger partial charge in [0.25, 0.3) is 0 Å². The highest BCUT2D eigenvalue weighted by molar-refractivity contribution is 5.59. The summed E-state index contributed by atoms with van der Waals surface area (Å²) >= 11 is 0. The zero-order valence-electron chi connectivity index (χ0n) is 10.0. The van der Waals surface area contributed by atoms with Crippen molar-refractivity contribution in [3.63, 3.8) is 0 Å². The molecular formula is C13H16N2O2. The van der Waals surface area contributed by atoms with E-state index in [1.165, 1.54) is 0 Å². The van der Waals surface area contributed by atoms with Crippen LogP contribution in [0.3, 0.4) is 0 Å². The molecule has 4 nitrogen and oxygen atoms in total. The predicted molar refractivity (Wildman–Crippen MR) is 65.6 cm³/mol. The highest BCUT2D eigenvalue weighted by Crippen LogP contribution is 2.22. The Labute approximate surface area is 100 Å². The minimum Gasteiger partial charge on any atom is -0.491 e. The SMILES string of the molecule is CC(C)Oc1ccc(-c2cc(CN)on2)cc1. The third-order valence-electron chi connectivity index (χ3n) is 2.28. The lowest BCUT2D eigenvalue weighted by Crippen LogP contribution is -2.05. The Morgan fingerprint density at radius 1 is 1.29 bits per heavy atom. The molecule has 2 rings (SSSR count). The van der Waals surface area contributed by atoms with Gasteiger partial charge in [-0.1, -0.05) is 5.16 Å². The molecule has 17 heavy (non-hydrogen) atoms. The van der Waals surface area contributed by atoms with Crippen LogP contribution in [0.2, 0.25) is 0 Å². The molecule has 1 aromatic heterocycles. The molecule has 0 saturated heterocycles. The molecule has 0 radical (unpaired) electrons. The third-order valence-corrected chi connectivity index (χ3v) is 2.28. The average Bonchev–Trinajstić information content (AvgIpc) is 2.78. The van der Waals surface area contributed by atoms with E-state index in [-0.39, 0.29) is 6.10 Å². The number of nitrogens with zero attached hydrogens (tertiary/aromatic N) is 1. The highest BCUT2D eigenvalue weighted by atomic mass is 16.5. The summed E-state index contributed by atoms with van der Waals surface area (Å²) in [5, 5.41) is 3.95. The molecule has 2 aromatic rings. The fourth-order valence-electron chi connectivity index (χ4n) is 1.52. The predicted octanol–water partition coefficient (Wildman–Crippen LogP) is 2.59. The molecule has 90 valence electrons. The monoisotopic (exact) mass is 232 g/mol. The Balaban J connectivity index is 2.17. The van der Waals surface area contributed by atoms with Crippen molar-refractivity contribution in [1.82, 2.24) is 5.16 Å². The van der Waals surface area contributed by atoms with E-state index in [0.29, 0.717) is 12.3 Å². The van der Waals surface area contributed by atoms with Crippen LogP contribution in [0.4, 0.5) is 0 Å². The van der Waals surface area contributed by atoms with Gasteiger partial charge in [0.15, 0.2) is 5.76 Å².